The Kier molecular flexibility index (Phi) is 10.4. The first-order valence-corrected chi connectivity index (χ1v) is 14.8. The smallest absolute Gasteiger partial charge is 0.150 e. The fourth-order valence-corrected chi connectivity index (χ4v) is 5.61. The third kappa shape index (κ3) is 8.15. The molecule has 0 spiro atoms. The zero-order valence-electron chi connectivity index (χ0n) is 23.5. The number of rotatable bonds is 12. The van der Waals surface area contributed by atoms with Crippen molar-refractivity contribution in [2.24, 2.45) is 0 Å². The molecule has 1 aliphatic rings. The molecule has 3 atom stereocenters. The molecule has 1 heterocycles. The molecule has 4 nitrogen and oxygen atoms in total. The molecule has 4 aromatic carbocycles. The number of aryl methyl sites for hydroxylation is 1. The molecule has 0 radical (unpaired) electrons. The average molecular weight is 569 g/mol. The first kappa shape index (κ1) is 29.2. The third-order valence-electron chi connectivity index (χ3n) is 7.65. The molecule has 3 unspecified atom stereocenters. The molecule has 1 saturated heterocycles. The molecule has 4 aromatic rings. The lowest BCUT2D eigenvalue weighted by Gasteiger charge is -2.36. The average Bonchev–Trinajstić information content (AvgIpc) is 3.02. The van der Waals surface area contributed by atoms with Crippen molar-refractivity contribution in [3.8, 4) is 0 Å². The summed E-state index contributed by atoms with van der Waals surface area (Å²) in [4.78, 5) is 12.2. The van der Waals surface area contributed by atoms with Crippen molar-refractivity contribution in [3.63, 3.8) is 0 Å². The van der Waals surface area contributed by atoms with Crippen molar-refractivity contribution in [2.75, 3.05) is 6.61 Å². The number of hydrogen-bond donors (Lipinski definition) is 0. The number of benzene rings is 4. The molecular formula is C36H37ClO4. The van der Waals surface area contributed by atoms with Crippen LogP contribution < -0.4 is 0 Å². The van der Waals surface area contributed by atoms with E-state index in [1.54, 1.807) is 6.07 Å². The van der Waals surface area contributed by atoms with Crippen LogP contribution in [0.4, 0.5) is 0 Å². The van der Waals surface area contributed by atoms with Crippen molar-refractivity contribution in [1.82, 2.24) is 0 Å². The summed E-state index contributed by atoms with van der Waals surface area (Å²) >= 11 is 6.68. The number of carbonyl (C=O) groups is 1. The highest BCUT2D eigenvalue weighted by atomic mass is 35.5. The second kappa shape index (κ2) is 14.6. The Morgan fingerprint density at radius 1 is 0.829 bits per heavy atom. The van der Waals surface area contributed by atoms with Crippen LogP contribution >= 0.6 is 11.6 Å². The Balaban J connectivity index is 1.35. The molecule has 5 rings (SSSR count). The van der Waals surface area contributed by atoms with Gasteiger partial charge in [-0.15, -0.1) is 0 Å². The Labute approximate surface area is 248 Å². The lowest BCUT2D eigenvalue weighted by atomic mass is 9.90. The fraction of sp³-hybridized carbons (Fsp3) is 0.306. The van der Waals surface area contributed by atoms with Gasteiger partial charge in [-0.25, -0.2) is 0 Å². The summed E-state index contributed by atoms with van der Waals surface area (Å²) in [6.07, 6.45) is 3.40. The Bertz CT molecular complexity index is 1390. The van der Waals surface area contributed by atoms with Gasteiger partial charge in [0.25, 0.3) is 0 Å². The quantitative estimate of drug-likeness (QED) is 0.161. The normalized spacial score (nSPS) is 18.7. The van der Waals surface area contributed by atoms with Crippen LogP contribution in [0.5, 0.6) is 0 Å². The van der Waals surface area contributed by atoms with Gasteiger partial charge in [0.15, 0.2) is 0 Å². The van der Waals surface area contributed by atoms with E-state index in [4.69, 9.17) is 25.8 Å². The lowest BCUT2D eigenvalue weighted by Crippen LogP contribution is -2.36. The number of halogens is 1. The molecule has 0 N–H and O–H groups in total. The maximum Gasteiger partial charge on any atom is 0.150 e. The minimum absolute atomic E-state index is 0.0421. The predicted octanol–water partition coefficient (Wildman–Crippen LogP) is 8.33. The van der Waals surface area contributed by atoms with Crippen LogP contribution in [-0.4, -0.2) is 25.1 Å². The zero-order chi connectivity index (χ0) is 28.4. The van der Waals surface area contributed by atoms with Gasteiger partial charge in [0.2, 0.25) is 0 Å². The molecule has 0 aromatic heterocycles. The second-order valence-corrected chi connectivity index (χ2v) is 11.1. The minimum Gasteiger partial charge on any atom is -0.374 e. The number of ether oxygens (including phenoxy) is 3. The van der Waals surface area contributed by atoms with Gasteiger partial charge < -0.3 is 14.2 Å². The zero-order valence-corrected chi connectivity index (χ0v) is 24.3. The van der Waals surface area contributed by atoms with E-state index in [1.807, 2.05) is 42.5 Å². The van der Waals surface area contributed by atoms with E-state index in [-0.39, 0.29) is 18.3 Å². The van der Waals surface area contributed by atoms with Crippen molar-refractivity contribution in [3.05, 3.63) is 141 Å². The van der Waals surface area contributed by atoms with Crippen LogP contribution in [0.15, 0.2) is 97.1 Å². The summed E-state index contributed by atoms with van der Waals surface area (Å²) < 4.78 is 19.1. The van der Waals surface area contributed by atoms with Crippen molar-refractivity contribution >= 4 is 17.9 Å². The highest BCUT2D eigenvalue weighted by molar-refractivity contribution is 6.31. The largest absolute Gasteiger partial charge is 0.374 e. The summed E-state index contributed by atoms with van der Waals surface area (Å²) in [7, 11) is 0. The van der Waals surface area contributed by atoms with Gasteiger partial charge in [0, 0.05) is 23.4 Å². The lowest BCUT2D eigenvalue weighted by molar-refractivity contribution is -0.142. The van der Waals surface area contributed by atoms with Gasteiger partial charge in [-0.3, -0.25) is 4.79 Å². The van der Waals surface area contributed by atoms with E-state index in [0.717, 1.165) is 41.4 Å². The van der Waals surface area contributed by atoms with Crippen LogP contribution in [0.2, 0.25) is 5.02 Å². The van der Waals surface area contributed by atoms with E-state index in [1.165, 1.54) is 11.1 Å². The van der Waals surface area contributed by atoms with Crippen LogP contribution in [0.3, 0.4) is 0 Å². The monoisotopic (exact) mass is 568 g/mol. The molecule has 5 heteroatoms. The maximum absolute atomic E-state index is 12.2. The number of aldehydes is 1. The molecule has 0 saturated carbocycles. The van der Waals surface area contributed by atoms with E-state index >= 15 is 0 Å². The molecule has 1 fully saturated rings. The van der Waals surface area contributed by atoms with Gasteiger partial charge in [-0.2, -0.15) is 0 Å². The predicted molar refractivity (Wildman–Crippen MR) is 163 cm³/mol. The highest BCUT2D eigenvalue weighted by Crippen LogP contribution is 2.37. The summed E-state index contributed by atoms with van der Waals surface area (Å²) in [5.74, 6) is 0. The van der Waals surface area contributed by atoms with Crippen molar-refractivity contribution in [1.29, 1.82) is 0 Å². The summed E-state index contributed by atoms with van der Waals surface area (Å²) in [6, 6.07) is 32.7. The molecule has 0 amide bonds. The van der Waals surface area contributed by atoms with Crippen molar-refractivity contribution in [2.45, 2.75) is 64.1 Å². The summed E-state index contributed by atoms with van der Waals surface area (Å²) in [5, 5.41) is 0.589. The Morgan fingerprint density at radius 2 is 1.49 bits per heavy atom. The third-order valence-corrected chi connectivity index (χ3v) is 8.01. The Hall–Kier alpha value is -3.28. The molecule has 0 bridgehead atoms. The highest BCUT2D eigenvalue weighted by Gasteiger charge is 2.33. The van der Waals surface area contributed by atoms with Crippen LogP contribution in [0, 0.1) is 0 Å². The van der Waals surface area contributed by atoms with Gasteiger partial charge in [0.05, 0.1) is 38.1 Å². The summed E-state index contributed by atoms with van der Waals surface area (Å²) in [6.45, 7) is 3.63. The van der Waals surface area contributed by atoms with E-state index in [0.29, 0.717) is 43.2 Å². The maximum atomic E-state index is 12.2. The Morgan fingerprint density at radius 3 is 2.15 bits per heavy atom. The van der Waals surface area contributed by atoms with Crippen LogP contribution in [0.1, 0.15) is 69.6 Å². The summed E-state index contributed by atoms with van der Waals surface area (Å²) in [5.41, 5.74) is 7.11. The fourth-order valence-electron chi connectivity index (χ4n) is 5.37. The van der Waals surface area contributed by atoms with Gasteiger partial charge in [0.1, 0.15) is 6.29 Å². The van der Waals surface area contributed by atoms with Gasteiger partial charge in [-0.1, -0.05) is 110 Å². The van der Waals surface area contributed by atoms with Crippen molar-refractivity contribution < 1.29 is 19.0 Å². The number of hydrogen-bond acceptors (Lipinski definition) is 4. The van der Waals surface area contributed by atoms with Gasteiger partial charge in [-0.05, 0) is 52.3 Å². The molecule has 41 heavy (non-hydrogen) atoms. The molecule has 0 aliphatic carbocycles. The van der Waals surface area contributed by atoms with E-state index < -0.39 is 0 Å². The first-order chi connectivity index (χ1) is 20.1. The molecule has 1 aliphatic heterocycles. The topological polar surface area (TPSA) is 44.8 Å². The first-order valence-electron chi connectivity index (χ1n) is 14.4. The minimum atomic E-state index is -0.312. The number of carbonyl (C=O) groups excluding carboxylic acids is 1. The second-order valence-electron chi connectivity index (χ2n) is 10.7. The standard InChI is InChI=1S/C36H37ClO4/c1-2-26-13-15-27(16-14-26)17-30-18-34(31(22-38)19-35(30)37)36-21-32(40-24-29-11-7-4-8-12-29)20-33(41-36)25-39-23-28-9-5-3-6-10-28/h3-16,18-19,22,32-33,36H,2,17,20-21,23-25H2,1H3. The van der Waals surface area contributed by atoms with Crippen LogP contribution in [-0.2, 0) is 40.3 Å². The van der Waals surface area contributed by atoms with E-state index in [9.17, 15) is 4.79 Å². The van der Waals surface area contributed by atoms with Gasteiger partial charge >= 0.3 is 0 Å². The van der Waals surface area contributed by atoms with E-state index in [2.05, 4.69) is 55.5 Å². The molecular weight excluding hydrogens is 532 g/mol. The SMILES string of the molecule is CCc1ccc(Cc2cc(C3CC(OCc4ccccc4)CC(COCc4ccccc4)O3)c(C=O)cc2Cl)cc1. The van der Waals surface area contributed by atoms with Crippen LogP contribution in [0.25, 0.3) is 0 Å². The molecule has 212 valence electrons.